The molecule has 4 nitrogen and oxygen atoms in total. The molecule has 0 saturated carbocycles. The molecule has 0 unspecified atom stereocenters. The Morgan fingerprint density at radius 2 is 1.87 bits per heavy atom. The molecule has 5 heteroatoms. The predicted molar refractivity (Wildman–Crippen MR) is 95.0 cm³/mol. The third kappa shape index (κ3) is 2.61. The number of aryl methyl sites for hydroxylation is 2. The maximum Gasteiger partial charge on any atom is 0.259 e. The summed E-state index contributed by atoms with van der Waals surface area (Å²) in [5.41, 5.74) is 2.08. The molecule has 1 aromatic carbocycles. The Labute approximate surface area is 138 Å². The van der Waals surface area contributed by atoms with Gasteiger partial charge in [-0.3, -0.25) is 4.79 Å². The molecule has 0 aliphatic rings. The van der Waals surface area contributed by atoms with E-state index in [1.54, 1.807) is 37.2 Å². The van der Waals surface area contributed by atoms with Crippen LogP contribution in [0.5, 0.6) is 11.5 Å². The molecule has 0 aliphatic heterocycles. The van der Waals surface area contributed by atoms with Gasteiger partial charge in [-0.2, -0.15) is 0 Å². The molecule has 0 spiro atoms. The summed E-state index contributed by atoms with van der Waals surface area (Å²) in [6.45, 7) is 2.10. The summed E-state index contributed by atoms with van der Waals surface area (Å²) in [4.78, 5) is 13.6. The Balaban J connectivity index is 2.29. The van der Waals surface area contributed by atoms with Crippen LogP contribution in [-0.2, 0) is 13.5 Å². The van der Waals surface area contributed by atoms with E-state index in [4.69, 9.17) is 9.47 Å². The second-order valence-corrected chi connectivity index (χ2v) is 6.47. The molecule has 0 radical (unpaired) electrons. The molecule has 2 heterocycles. The third-order valence-corrected chi connectivity index (χ3v) is 5.26. The van der Waals surface area contributed by atoms with Crippen LogP contribution in [0.2, 0.25) is 0 Å². The number of thiophene rings is 1. The maximum absolute atomic E-state index is 12.4. The zero-order valence-corrected chi connectivity index (χ0v) is 14.5. The number of hydrogen-bond acceptors (Lipinski definition) is 4. The quantitative estimate of drug-likeness (QED) is 0.730. The smallest absolute Gasteiger partial charge is 0.259 e. The van der Waals surface area contributed by atoms with Gasteiger partial charge >= 0.3 is 0 Å². The molecule has 0 amide bonds. The lowest BCUT2D eigenvalue weighted by Gasteiger charge is -2.11. The molecule has 120 valence electrons. The number of pyridine rings is 1. The first-order chi connectivity index (χ1) is 11.1. The fourth-order valence-corrected chi connectivity index (χ4v) is 3.81. The van der Waals surface area contributed by atoms with Crippen LogP contribution in [0.25, 0.3) is 21.2 Å². The molecular weight excluding hydrogens is 310 g/mol. The normalized spacial score (nSPS) is 11.0. The number of hydrogen-bond donors (Lipinski definition) is 0. The van der Waals surface area contributed by atoms with Crippen LogP contribution in [0.15, 0.2) is 35.3 Å². The number of methoxy groups -OCH3 is 2. The van der Waals surface area contributed by atoms with Crippen molar-refractivity contribution in [3.63, 3.8) is 0 Å². The number of aromatic nitrogens is 1. The first-order valence-corrected chi connectivity index (χ1v) is 8.25. The Hall–Kier alpha value is -2.27. The van der Waals surface area contributed by atoms with E-state index in [0.717, 1.165) is 27.6 Å². The van der Waals surface area contributed by atoms with Crippen molar-refractivity contribution in [1.29, 1.82) is 0 Å². The van der Waals surface area contributed by atoms with Crippen LogP contribution < -0.4 is 15.0 Å². The van der Waals surface area contributed by atoms with Gasteiger partial charge in [0.05, 0.1) is 19.6 Å². The van der Waals surface area contributed by atoms with Crippen LogP contribution in [0.3, 0.4) is 0 Å². The molecule has 0 N–H and O–H groups in total. The minimum Gasteiger partial charge on any atom is -0.493 e. The summed E-state index contributed by atoms with van der Waals surface area (Å²) in [5, 5.41) is 0.779. The van der Waals surface area contributed by atoms with Gasteiger partial charge in [0.2, 0.25) is 0 Å². The van der Waals surface area contributed by atoms with E-state index in [9.17, 15) is 4.79 Å². The van der Waals surface area contributed by atoms with Gasteiger partial charge in [0.1, 0.15) is 0 Å². The van der Waals surface area contributed by atoms with Crippen molar-refractivity contribution >= 4 is 21.4 Å². The molecule has 0 atom stereocenters. The zero-order valence-electron chi connectivity index (χ0n) is 13.7. The number of nitrogens with zero attached hydrogens (tertiary/aromatic N) is 1. The number of ether oxygens (including phenoxy) is 2. The largest absolute Gasteiger partial charge is 0.493 e. The lowest BCUT2D eigenvalue weighted by atomic mass is 10.1. The van der Waals surface area contributed by atoms with Gasteiger partial charge in [0.15, 0.2) is 11.5 Å². The first kappa shape index (κ1) is 15.6. The molecule has 23 heavy (non-hydrogen) atoms. The lowest BCUT2D eigenvalue weighted by Crippen LogP contribution is -2.15. The minimum absolute atomic E-state index is 0.0418. The molecule has 3 aromatic rings. The minimum atomic E-state index is 0.0418. The highest BCUT2D eigenvalue weighted by Gasteiger charge is 2.14. The highest BCUT2D eigenvalue weighted by molar-refractivity contribution is 7.19. The predicted octanol–water partition coefficient (Wildman–Crippen LogP) is 3.85. The van der Waals surface area contributed by atoms with Crippen LogP contribution in [-0.4, -0.2) is 18.8 Å². The molecule has 0 aliphatic carbocycles. The van der Waals surface area contributed by atoms with Crippen molar-refractivity contribution in [2.45, 2.75) is 13.3 Å². The summed E-state index contributed by atoms with van der Waals surface area (Å²) in [6.07, 6.45) is 2.82. The Kier molecular flexibility index (Phi) is 4.13. The Morgan fingerprint density at radius 1 is 1.13 bits per heavy atom. The molecule has 0 saturated heterocycles. The van der Waals surface area contributed by atoms with Gasteiger partial charge in [0.25, 0.3) is 5.56 Å². The van der Waals surface area contributed by atoms with Crippen LogP contribution in [0.1, 0.15) is 11.8 Å². The van der Waals surface area contributed by atoms with Gasteiger partial charge in [-0.25, -0.2) is 0 Å². The number of fused-ring (bicyclic) bond motifs is 1. The van der Waals surface area contributed by atoms with Crippen molar-refractivity contribution in [3.8, 4) is 22.6 Å². The SMILES string of the molecule is CCc1cc2c(=O)n(C)cc(-c3ccc(OC)c(OC)c3)c2s1. The summed E-state index contributed by atoms with van der Waals surface area (Å²) < 4.78 is 13.4. The number of rotatable bonds is 4. The fourth-order valence-electron chi connectivity index (χ4n) is 2.69. The highest BCUT2D eigenvalue weighted by atomic mass is 32.1. The molecule has 3 rings (SSSR count). The van der Waals surface area contributed by atoms with Crippen molar-refractivity contribution in [1.82, 2.24) is 4.57 Å². The van der Waals surface area contributed by atoms with E-state index in [1.807, 2.05) is 30.5 Å². The lowest BCUT2D eigenvalue weighted by molar-refractivity contribution is 0.355. The van der Waals surface area contributed by atoms with E-state index >= 15 is 0 Å². The summed E-state index contributed by atoms with van der Waals surface area (Å²) >= 11 is 1.68. The van der Waals surface area contributed by atoms with E-state index in [-0.39, 0.29) is 5.56 Å². The second-order valence-electron chi connectivity index (χ2n) is 5.34. The average molecular weight is 329 g/mol. The van der Waals surface area contributed by atoms with Crippen LogP contribution in [0, 0.1) is 0 Å². The molecule has 2 aromatic heterocycles. The van der Waals surface area contributed by atoms with E-state index < -0.39 is 0 Å². The van der Waals surface area contributed by atoms with Crippen molar-refractivity contribution in [2.24, 2.45) is 7.05 Å². The number of benzene rings is 1. The van der Waals surface area contributed by atoms with Gasteiger partial charge < -0.3 is 14.0 Å². The van der Waals surface area contributed by atoms with Crippen molar-refractivity contribution in [2.75, 3.05) is 14.2 Å². The van der Waals surface area contributed by atoms with Crippen molar-refractivity contribution < 1.29 is 9.47 Å². The summed E-state index contributed by atoms with van der Waals surface area (Å²) in [7, 11) is 5.03. The van der Waals surface area contributed by atoms with Crippen molar-refractivity contribution in [3.05, 3.63) is 45.7 Å². The Morgan fingerprint density at radius 3 is 2.52 bits per heavy atom. The topological polar surface area (TPSA) is 40.5 Å². The highest BCUT2D eigenvalue weighted by Crippen LogP contribution is 2.37. The van der Waals surface area contributed by atoms with Gasteiger partial charge in [-0.05, 0) is 30.2 Å². The molecule has 0 bridgehead atoms. The van der Waals surface area contributed by atoms with E-state index in [0.29, 0.717) is 11.5 Å². The first-order valence-electron chi connectivity index (χ1n) is 7.43. The van der Waals surface area contributed by atoms with Gasteiger partial charge in [-0.1, -0.05) is 13.0 Å². The Bertz CT molecular complexity index is 924. The van der Waals surface area contributed by atoms with Gasteiger partial charge in [-0.15, -0.1) is 11.3 Å². The molecular formula is C18H19NO3S. The monoisotopic (exact) mass is 329 g/mol. The molecule has 0 fully saturated rings. The third-order valence-electron chi connectivity index (χ3n) is 3.94. The summed E-state index contributed by atoms with van der Waals surface area (Å²) in [5.74, 6) is 1.37. The average Bonchev–Trinajstić information content (AvgIpc) is 3.02. The van der Waals surface area contributed by atoms with Crippen LogP contribution >= 0.6 is 11.3 Å². The zero-order chi connectivity index (χ0) is 16.6. The van der Waals surface area contributed by atoms with Crippen LogP contribution in [0.4, 0.5) is 0 Å². The standard InChI is InChI=1S/C18H19NO3S/c1-5-12-9-13-17(23-12)14(10-19(2)18(13)20)11-6-7-15(21-3)16(8-11)22-4/h6-10H,5H2,1-4H3. The fraction of sp³-hybridized carbons (Fsp3) is 0.278. The second kappa shape index (κ2) is 6.08. The van der Waals surface area contributed by atoms with E-state index in [1.165, 1.54) is 4.88 Å². The summed E-state index contributed by atoms with van der Waals surface area (Å²) in [6, 6.07) is 7.83. The maximum atomic E-state index is 12.4. The van der Waals surface area contributed by atoms with E-state index in [2.05, 4.69) is 6.92 Å². The van der Waals surface area contributed by atoms with Gasteiger partial charge in [0, 0.05) is 28.4 Å².